The standard InChI is InChI=1S/C27H32N2O4/c1-33-25(30)19-13-11-18(12-14-19)15-29-16-22-23(17-29)24(22)28-26(31)27(32,21-9-5-6-10-21)20-7-3-2-4-8-20/h2-4,7-8,11-14,21-24,32H,5-6,9-10,15-17H2,1H3,(H,28,31). The summed E-state index contributed by atoms with van der Waals surface area (Å²) in [7, 11) is 1.39. The second-order valence-corrected chi connectivity index (χ2v) is 9.82. The Balaban J connectivity index is 1.19. The summed E-state index contributed by atoms with van der Waals surface area (Å²) >= 11 is 0. The maximum atomic E-state index is 13.4. The highest BCUT2D eigenvalue weighted by molar-refractivity contribution is 5.89. The molecule has 6 nitrogen and oxygen atoms in total. The third kappa shape index (κ3) is 4.18. The first-order valence-electron chi connectivity index (χ1n) is 12.0. The fourth-order valence-corrected chi connectivity index (χ4v) is 5.93. The van der Waals surface area contributed by atoms with Gasteiger partial charge in [-0.05, 0) is 47.9 Å². The number of benzene rings is 2. The number of nitrogens with one attached hydrogen (secondary N) is 1. The van der Waals surface area contributed by atoms with E-state index in [2.05, 4.69) is 10.2 Å². The van der Waals surface area contributed by atoms with Crippen LogP contribution in [0.1, 0.15) is 47.2 Å². The average Bonchev–Trinajstić information content (AvgIpc) is 3.26. The summed E-state index contributed by atoms with van der Waals surface area (Å²) in [5.41, 5.74) is 0.971. The zero-order valence-corrected chi connectivity index (χ0v) is 19.1. The smallest absolute Gasteiger partial charge is 0.337 e. The molecule has 5 rings (SSSR count). The van der Waals surface area contributed by atoms with Crippen molar-refractivity contribution in [2.24, 2.45) is 17.8 Å². The van der Waals surface area contributed by atoms with Crippen LogP contribution in [0.25, 0.3) is 0 Å². The molecule has 1 amide bonds. The largest absolute Gasteiger partial charge is 0.465 e. The molecular formula is C27H32N2O4. The van der Waals surface area contributed by atoms with Crippen LogP contribution in [0.2, 0.25) is 0 Å². The van der Waals surface area contributed by atoms with Gasteiger partial charge >= 0.3 is 5.97 Å². The van der Waals surface area contributed by atoms with Gasteiger partial charge in [0.1, 0.15) is 0 Å². The van der Waals surface area contributed by atoms with Gasteiger partial charge in [0.15, 0.2) is 5.60 Å². The molecule has 3 aliphatic rings. The molecule has 2 saturated carbocycles. The molecule has 0 radical (unpaired) electrons. The minimum atomic E-state index is -1.45. The number of carbonyl (C=O) groups is 2. The van der Waals surface area contributed by atoms with Gasteiger partial charge in [0.25, 0.3) is 5.91 Å². The van der Waals surface area contributed by atoms with Crippen LogP contribution in [0.5, 0.6) is 0 Å². The third-order valence-corrected chi connectivity index (χ3v) is 7.85. The molecule has 2 aromatic rings. The highest BCUT2D eigenvalue weighted by Gasteiger charge is 2.58. The van der Waals surface area contributed by atoms with Gasteiger partial charge in [-0.1, -0.05) is 55.3 Å². The zero-order chi connectivity index (χ0) is 23.0. The average molecular weight is 449 g/mol. The number of hydrogen-bond donors (Lipinski definition) is 2. The van der Waals surface area contributed by atoms with E-state index in [4.69, 9.17) is 4.74 Å². The molecule has 3 fully saturated rings. The first-order chi connectivity index (χ1) is 16.0. The van der Waals surface area contributed by atoms with Crippen molar-refractivity contribution < 1.29 is 19.4 Å². The first kappa shape index (κ1) is 22.1. The van der Waals surface area contributed by atoms with Gasteiger partial charge in [0.05, 0.1) is 12.7 Å². The lowest BCUT2D eigenvalue weighted by molar-refractivity contribution is -0.147. The Labute approximate surface area is 194 Å². The van der Waals surface area contributed by atoms with E-state index in [0.29, 0.717) is 23.0 Å². The molecule has 1 saturated heterocycles. The summed E-state index contributed by atoms with van der Waals surface area (Å²) in [4.78, 5) is 27.4. The number of esters is 1. The number of rotatable bonds is 7. The number of methoxy groups -OCH3 is 1. The highest BCUT2D eigenvalue weighted by Crippen LogP contribution is 2.47. The molecule has 3 unspecified atom stereocenters. The molecule has 0 bridgehead atoms. The summed E-state index contributed by atoms with van der Waals surface area (Å²) in [5, 5.41) is 14.9. The lowest BCUT2D eigenvalue weighted by Gasteiger charge is -2.33. The van der Waals surface area contributed by atoms with Crippen LogP contribution < -0.4 is 5.32 Å². The summed E-state index contributed by atoms with van der Waals surface area (Å²) < 4.78 is 4.76. The van der Waals surface area contributed by atoms with Crippen molar-refractivity contribution >= 4 is 11.9 Å². The number of hydrogen-bond acceptors (Lipinski definition) is 5. The van der Waals surface area contributed by atoms with Crippen molar-refractivity contribution in [2.45, 2.75) is 43.9 Å². The number of likely N-dealkylation sites (tertiary alicyclic amines) is 1. The number of fused-ring (bicyclic) bond motifs is 1. The molecule has 6 heteroatoms. The fourth-order valence-electron chi connectivity index (χ4n) is 5.93. The number of carbonyl (C=O) groups excluding carboxylic acids is 2. The normalized spacial score (nSPS) is 26.4. The van der Waals surface area contributed by atoms with Crippen LogP contribution in [0.4, 0.5) is 0 Å². The van der Waals surface area contributed by atoms with Crippen molar-refractivity contribution in [3.8, 4) is 0 Å². The molecule has 2 aromatic carbocycles. The Bertz CT molecular complexity index is 991. The Morgan fingerprint density at radius 1 is 1.03 bits per heavy atom. The van der Waals surface area contributed by atoms with Crippen LogP contribution in [-0.2, 0) is 21.7 Å². The van der Waals surface area contributed by atoms with Crippen molar-refractivity contribution in [1.82, 2.24) is 10.2 Å². The van der Waals surface area contributed by atoms with Crippen molar-refractivity contribution in [2.75, 3.05) is 20.2 Å². The Kier molecular flexibility index (Phi) is 5.97. The lowest BCUT2D eigenvalue weighted by atomic mass is 9.79. The molecule has 174 valence electrons. The monoisotopic (exact) mass is 448 g/mol. The number of amides is 1. The summed E-state index contributed by atoms with van der Waals surface area (Å²) in [6.07, 6.45) is 3.91. The van der Waals surface area contributed by atoms with Crippen LogP contribution >= 0.6 is 0 Å². The van der Waals surface area contributed by atoms with Crippen LogP contribution in [0.3, 0.4) is 0 Å². The Morgan fingerprint density at radius 2 is 1.67 bits per heavy atom. The van der Waals surface area contributed by atoms with Gasteiger partial charge in [-0.2, -0.15) is 0 Å². The molecule has 1 heterocycles. The highest BCUT2D eigenvalue weighted by atomic mass is 16.5. The summed E-state index contributed by atoms with van der Waals surface area (Å²) in [5.74, 6) is 0.294. The molecule has 0 aromatic heterocycles. The number of ether oxygens (including phenoxy) is 1. The molecule has 33 heavy (non-hydrogen) atoms. The van der Waals surface area contributed by atoms with Crippen LogP contribution in [0.15, 0.2) is 54.6 Å². The maximum absolute atomic E-state index is 13.4. The van der Waals surface area contributed by atoms with E-state index in [1.165, 1.54) is 7.11 Å². The van der Waals surface area contributed by atoms with Gasteiger partial charge < -0.3 is 15.2 Å². The maximum Gasteiger partial charge on any atom is 0.337 e. The third-order valence-electron chi connectivity index (χ3n) is 7.85. The zero-order valence-electron chi connectivity index (χ0n) is 19.1. The van der Waals surface area contributed by atoms with E-state index < -0.39 is 5.60 Å². The molecule has 2 N–H and O–H groups in total. The first-order valence-corrected chi connectivity index (χ1v) is 12.0. The van der Waals surface area contributed by atoms with Gasteiger partial charge in [0.2, 0.25) is 0 Å². The summed E-state index contributed by atoms with van der Waals surface area (Å²) in [6, 6.07) is 17.1. The van der Waals surface area contributed by atoms with Gasteiger partial charge in [-0.3, -0.25) is 9.69 Å². The van der Waals surface area contributed by atoms with Gasteiger partial charge in [-0.15, -0.1) is 0 Å². The van der Waals surface area contributed by atoms with E-state index >= 15 is 0 Å². The number of piperidine rings is 1. The SMILES string of the molecule is COC(=O)c1ccc(CN2CC3C(C2)C3NC(=O)C(O)(c2ccccc2)C2CCCC2)cc1. The predicted molar refractivity (Wildman–Crippen MR) is 124 cm³/mol. The predicted octanol–water partition coefficient (Wildman–Crippen LogP) is 3.10. The van der Waals surface area contributed by atoms with Crippen LogP contribution in [0, 0.1) is 17.8 Å². The van der Waals surface area contributed by atoms with E-state index in [1.54, 1.807) is 12.1 Å². The molecule has 2 aliphatic carbocycles. The molecule has 0 spiro atoms. The minimum absolute atomic E-state index is 0.0250. The number of aliphatic hydroxyl groups is 1. The van der Waals surface area contributed by atoms with E-state index in [1.807, 2.05) is 42.5 Å². The molecule has 1 aliphatic heterocycles. The van der Waals surface area contributed by atoms with E-state index in [0.717, 1.165) is 50.9 Å². The topological polar surface area (TPSA) is 78.9 Å². The van der Waals surface area contributed by atoms with Crippen LogP contribution in [-0.4, -0.2) is 48.1 Å². The van der Waals surface area contributed by atoms with E-state index in [9.17, 15) is 14.7 Å². The Hall–Kier alpha value is -2.70. The van der Waals surface area contributed by atoms with E-state index in [-0.39, 0.29) is 23.8 Å². The van der Waals surface area contributed by atoms with Crippen molar-refractivity contribution in [3.05, 3.63) is 71.3 Å². The Morgan fingerprint density at radius 3 is 2.27 bits per heavy atom. The second-order valence-electron chi connectivity index (χ2n) is 9.82. The molecule has 3 atom stereocenters. The van der Waals surface area contributed by atoms with Gasteiger partial charge in [-0.25, -0.2) is 4.79 Å². The van der Waals surface area contributed by atoms with Crippen molar-refractivity contribution in [3.63, 3.8) is 0 Å². The second kappa shape index (κ2) is 8.92. The fraction of sp³-hybridized carbons (Fsp3) is 0.481. The van der Waals surface area contributed by atoms with Crippen molar-refractivity contribution in [1.29, 1.82) is 0 Å². The quantitative estimate of drug-likeness (QED) is 0.637. The van der Waals surface area contributed by atoms with Gasteiger partial charge in [0, 0.05) is 31.6 Å². The summed E-state index contributed by atoms with van der Waals surface area (Å²) in [6.45, 7) is 2.69. The number of nitrogens with zero attached hydrogens (tertiary/aromatic N) is 1. The molecular weight excluding hydrogens is 416 g/mol. The lowest BCUT2D eigenvalue weighted by Crippen LogP contribution is -2.50. The minimum Gasteiger partial charge on any atom is -0.465 e.